The number of hydrogen-bond acceptors (Lipinski definition) is 5. The third-order valence-electron chi connectivity index (χ3n) is 2.90. The van der Waals surface area contributed by atoms with Crippen molar-refractivity contribution in [2.24, 2.45) is 0 Å². The summed E-state index contributed by atoms with van der Waals surface area (Å²) < 4.78 is 5.27. The molecule has 1 aromatic rings. The third kappa shape index (κ3) is 4.35. The Balaban J connectivity index is 2.33. The van der Waals surface area contributed by atoms with E-state index in [0.29, 0.717) is 0 Å². The van der Waals surface area contributed by atoms with E-state index in [1.165, 1.54) is 0 Å². The fraction of sp³-hybridized carbons (Fsp3) is 0.692. The van der Waals surface area contributed by atoms with Crippen LogP contribution in [0.15, 0.2) is 15.9 Å². The zero-order chi connectivity index (χ0) is 13.4. The van der Waals surface area contributed by atoms with Gasteiger partial charge >= 0.3 is 0 Å². The Kier molecular flexibility index (Phi) is 6.23. The summed E-state index contributed by atoms with van der Waals surface area (Å²) in [7, 11) is 0. The molecule has 5 heteroatoms. The molecular weight excluding hydrogens is 246 g/mol. The number of thioether (sulfide) groups is 1. The highest BCUT2D eigenvalue weighted by Gasteiger charge is 2.25. The van der Waals surface area contributed by atoms with Crippen molar-refractivity contribution < 1.29 is 4.42 Å². The van der Waals surface area contributed by atoms with Gasteiger partial charge in [-0.3, -0.25) is 5.32 Å². The second-order valence-electron chi connectivity index (χ2n) is 4.28. The highest BCUT2D eigenvalue weighted by Crippen LogP contribution is 2.22. The van der Waals surface area contributed by atoms with Crippen molar-refractivity contribution in [3.05, 3.63) is 12.0 Å². The van der Waals surface area contributed by atoms with Crippen molar-refractivity contribution in [1.29, 1.82) is 5.26 Å². The molecule has 1 aromatic heterocycles. The molecule has 0 bridgehead atoms. The Morgan fingerprint density at radius 1 is 1.56 bits per heavy atom. The zero-order valence-electron chi connectivity index (χ0n) is 11.3. The Morgan fingerprint density at radius 2 is 2.33 bits per heavy atom. The number of rotatable bonds is 8. The summed E-state index contributed by atoms with van der Waals surface area (Å²) in [5.41, 5.74) is 0.534. The van der Waals surface area contributed by atoms with Crippen LogP contribution in [0.25, 0.3) is 0 Å². The van der Waals surface area contributed by atoms with E-state index in [1.807, 2.05) is 13.8 Å². The predicted molar refractivity (Wildman–Crippen MR) is 73.5 cm³/mol. The summed E-state index contributed by atoms with van der Waals surface area (Å²) in [6.07, 6.45) is 4.33. The van der Waals surface area contributed by atoms with E-state index in [9.17, 15) is 5.26 Å². The van der Waals surface area contributed by atoms with Crippen LogP contribution < -0.4 is 5.32 Å². The van der Waals surface area contributed by atoms with Gasteiger partial charge in [0.15, 0.2) is 0 Å². The number of aryl methyl sites for hydroxylation is 1. The van der Waals surface area contributed by atoms with Gasteiger partial charge in [-0.05, 0) is 32.7 Å². The van der Waals surface area contributed by atoms with Crippen molar-refractivity contribution in [3.8, 4) is 6.07 Å². The van der Waals surface area contributed by atoms with Gasteiger partial charge in [-0.2, -0.15) is 5.26 Å². The molecule has 0 aliphatic heterocycles. The van der Waals surface area contributed by atoms with Crippen LogP contribution in [-0.2, 0) is 0 Å². The molecule has 0 saturated heterocycles. The van der Waals surface area contributed by atoms with Gasteiger partial charge < -0.3 is 4.42 Å². The van der Waals surface area contributed by atoms with Gasteiger partial charge in [0.1, 0.15) is 11.8 Å². The molecule has 1 atom stereocenters. The second kappa shape index (κ2) is 7.45. The molecule has 0 aliphatic rings. The fourth-order valence-corrected chi connectivity index (χ4v) is 2.62. The smallest absolute Gasteiger partial charge is 0.255 e. The van der Waals surface area contributed by atoms with E-state index in [1.54, 1.807) is 18.0 Å². The largest absolute Gasteiger partial charge is 0.440 e. The first-order valence-electron chi connectivity index (χ1n) is 6.37. The molecule has 1 heterocycles. The quantitative estimate of drug-likeness (QED) is 0.579. The molecule has 1 rings (SSSR count). The fourth-order valence-electron chi connectivity index (χ4n) is 1.84. The normalized spacial score (nSPS) is 14.1. The lowest BCUT2D eigenvalue weighted by atomic mass is 9.92. The van der Waals surface area contributed by atoms with E-state index >= 15 is 0 Å². The van der Waals surface area contributed by atoms with Gasteiger partial charge in [0.05, 0.1) is 11.8 Å². The van der Waals surface area contributed by atoms with Crippen LogP contribution in [0.4, 0.5) is 0 Å². The molecule has 0 aromatic carbocycles. The molecule has 1 unspecified atom stereocenters. The van der Waals surface area contributed by atoms with Crippen molar-refractivity contribution in [3.63, 3.8) is 0 Å². The van der Waals surface area contributed by atoms with E-state index in [4.69, 9.17) is 4.42 Å². The number of oxazole rings is 1. The summed E-state index contributed by atoms with van der Waals surface area (Å²) in [5.74, 6) is 0.925. The molecule has 1 N–H and O–H groups in total. The molecule has 0 radical (unpaired) electrons. The summed E-state index contributed by atoms with van der Waals surface area (Å²) in [6, 6.07) is 2.41. The predicted octanol–water partition coefficient (Wildman–Crippen LogP) is 3.14. The average molecular weight is 267 g/mol. The molecule has 4 nitrogen and oxygen atoms in total. The third-order valence-corrected chi connectivity index (χ3v) is 3.83. The van der Waals surface area contributed by atoms with Gasteiger partial charge in [0.25, 0.3) is 5.22 Å². The van der Waals surface area contributed by atoms with Crippen LogP contribution in [0.1, 0.15) is 38.8 Å². The minimum atomic E-state index is -0.373. The van der Waals surface area contributed by atoms with Gasteiger partial charge in [0, 0.05) is 5.75 Å². The summed E-state index contributed by atoms with van der Waals surface area (Å²) >= 11 is 1.61. The van der Waals surface area contributed by atoms with Crippen molar-refractivity contribution in [2.75, 3.05) is 12.3 Å². The lowest BCUT2D eigenvalue weighted by Gasteiger charge is -2.25. The van der Waals surface area contributed by atoms with E-state index in [-0.39, 0.29) is 5.54 Å². The van der Waals surface area contributed by atoms with Crippen LogP contribution in [0.3, 0.4) is 0 Å². The minimum absolute atomic E-state index is 0.373. The number of hydrogen-bond donors (Lipinski definition) is 1. The molecule has 0 saturated carbocycles. The van der Waals surface area contributed by atoms with Crippen molar-refractivity contribution in [1.82, 2.24) is 10.3 Å². The number of aromatic nitrogens is 1. The lowest BCUT2D eigenvalue weighted by Crippen LogP contribution is -2.43. The minimum Gasteiger partial charge on any atom is -0.440 e. The monoisotopic (exact) mass is 267 g/mol. The maximum Gasteiger partial charge on any atom is 0.255 e. The summed E-state index contributed by atoms with van der Waals surface area (Å²) in [5, 5.41) is 13.3. The van der Waals surface area contributed by atoms with Gasteiger partial charge in [-0.25, -0.2) is 4.98 Å². The summed E-state index contributed by atoms with van der Waals surface area (Å²) in [6.45, 7) is 6.83. The van der Waals surface area contributed by atoms with E-state index < -0.39 is 0 Å². The van der Waals surface area contributed by atoms with Crippen molar-refractivity contribution >= 4 is 11.8 Å². The van der Waals surface area contributed by atoms with Crippen LogP contribution in [0.2, 0.25) is 0 Å². The molecular formula is C13H21N3OS. The molecule has 0 aliphatic carbocycles. The number of nitriles is 1. The van der Waals surface area contributed by atoms with E-state index in [0.717, 1.165) is 42.5 Å². The first-order chi connectivity index (χ1) is 8.65. The SMILES string of the molecule is CCNC(C#N)(CC)CCCSc1nc(C)co1. The second-order valence-corrected chi connectivity index (χ2v) is 5.33. The number of nitrogens with zero attached hydrogens (tertiary/aromatic N) is 2. The van der Waals surface area contributed by atoms with Crippen LogP contribution in [0.5, 0.6) is 0 Å². The first kappa shape index (κ1) is 15.1. The van der Waals surface area contributed by atoms with Gasteiger partial charge in [0.2, 0.25) is 0 Å². The first-order valence-corrected chi connectivity index (χ1v) is 7.35. The highest BCUT2D eigenvalue weighted by molar-refractivity contribution is 7.99. The number of nitrogens with one attached hydrogen (secondary N) is 1. The Labute approximate surface area is 113 Å². The maximum atomic E-state index is 9.28. The van der Waals surface area contributed by atoms with Crippen LogP contribution in [0, 0.1) is 18.3 Å². The molecule has 0 amide bonds. The van der Waals surface area contributed by atoms with Crippen molar-refractivity contribution in [2.45, 2.75) is 50.8 Å². The maximum absolute atomic E-state index is 9.28. The Morgan fingerprint density at radius 3 is 2.83 bits per heavy atom. The zero-order valence-corrected chi connectivity index (χ0v) is 12.1. The van der Waals surface area contributed by atoms with Crippen LogP contribution in [-0.4, -0.2) is 22.8 Å². The Bertz CT molecular complexity index is 399. The molecule has 100 valence electrons. The summed E-state index contributed by atoms with van der Waals surface area (Å²) in [4.78, 5) is 4.24. The molecule has 18 heavy (non-hydrogen) atoms. The van der Waals surface area contributed by atoms with Gasteiger partial charge in [-0.15, -0.1) is 0 Å². The molecule has 0 spiro atoms. The van der Waals surface area contributed by atoms with Gasteiger partial charge in [-0.1, -0.05) is 25.6 Å². The highest BCUT2D eigenvalue weighted by atomic mass is 32.2. The molecule has 0 fully saturated rings. The van der Waals surface area contributed by atoms with Crippen LogP contribution >= 0.6 is 11.8 Å². The average Bonchev–Trinajstić information content (AvgIpc) is 2.79. The standard InChI is InChI=1S/C13H21N3OS/c1-4-13(10-14,15-5-2)7-6-8-18-12-16-11(3)9-17-12/h9,15H,4-8H2,1-3H3. The Hall–Kier alpha value is -0.990. The lowest BCUT2D eigenvalue weighted by molar-refractivity contribution is 0.379. The topological polar surface area (TPSA) is 61.9 Å². The van der Waals surface area contributed by atoms with E-state index in [2.05, 4.69) is 23.3 Å².